The second-order valence-corrected chi connectivity index (χ2v) is 7.80. The molecular weight excluding hydrogens is 334 g/mol. The van der Waals surface area contributed by atoms with Crippen LogP contribution in [0.4, 0.5) is 10.5 Å². The van der Waals surface area contributed by atoms with Gasteiger partial charge in [0, 0.05) is 43.8 Å². The number of hydrogen-bond donors (Lipinski definition) is 1. The lowest BCUT2D eigenvalue weighted by Crippen LogP contribution is -2.43. The minimum Gasteiger partial charge on any atom is -0.327 e. The van der Waals surface area contributed by atoms with Gasteiger partial charge in [-0.1, -0.05) is 0 Å². The maximum absolute atomic E-state index is 12.6. The summed E-state index contributed by atoms with van der Waals surface area (Å²) >= 11 is 1.61. The van der Waals surface area contributed by atoms with Crippen LogP contribution in [-0.4, -0.2) is 52.8 Å². The molecule has 0 aromatic carbocycles. The van der Waals surface area contributed by atoms with Crippen LogP contribution in [0.25, 0.3) is 0 Å². The number of hydrogen-bond acceptors (Lipinski definition) is 4. The van der Waals surface area contributed by atoms with Crippen LogP contribution in [0.15, 0.2) is 23.2 Å². The molecule has 3 heterocycles. The van der Waals surface area contributed by atoms with Crippen molar-refractivity contribution in [2.45, 2.75) is 25.8 Å². The average Bonchev–Trinajstić information content (AvgIpc) is 3.16. The molecule has 1 saturated heterocycles. The van der Waals surface area contributed by atoms with Crippen molar-refractivity contribution >= 4 is 23.1 Å². The predicted molar refractivity (Wildman–Crippen MR) is 102 cm³/mol. The second kappa shape index (κ2) is 7.58. The van der Waals surface area contributed by atoms with Crippen molar-refractivity contribution in [2.24, 2.45) is 13.0 Å². The number of urea groups is 1. The summed E-state index contributed by atoms with van der Waals surface area (Å²) < 4.78 is 1.85. The Balaban J connectivity index is 1.68. The van der Waals surface area contributed by atoms with Crippen LogP contribution in [-0.2, 0) is 7.05 Å². The maximum Gasteiger partial charge on any atom is 0.321 e. The van der Waals surface area contributed by atoms with Crippen molar-refractivity contribution in [3.63, 3.8) is 0 Å². The molecule has 2 atom stereocenters. The number of likely N-dealkylation sites (tertiary alicyclic amines) is 1. The molecule has 1 aliphatic rings. The minimum absolute atomic E-state index is 0.0420. The van der Waals surface area contributed by atoms with E-state index in [1.807, 2.05) is 47.6 Å². The first-order valence-electron chi connectivity index (χ1n) is 8.69. The summed E-state index contributed by atoms with van der Waals surface area (Å²) in [4.78, 5) is 16.8. The summed E-state index contributed by atoms with van der Waals surface area (Å²) in [6.45, 7) is 3.83. The Labute approximate surface area is 153 Å². The Kier molecular flexibility index (Phi) is 5.44. The van der Waals surface area contributed by atoms with Crippen LogP contribution in [0.3, 0.4) is 0 Å². The van der Waals surface area contributed by atoms with Gasteiger partial charge in [-0.05, 0) is 50.2 Å². The molecule has 0 radical (unpaired) electrons. The Morgan fingerprint density at radius 2 is 2.24 bits per heavy atom. The van der Waals surface area contributed by atoms with Gasteiger partial charge < -0.3 is 10.2 Å². The number of nitrogens with one attached hydrogen (secondary N) is 1. The number of rotatable bonds is 4. The second-order valence-electron chi connectivity index (χ2n) is 7.05. The van der Waals surface area contributed by atoms with Crippen molar-refractivity contribution in [3.05, 3.63) is 34.3 Å². The van der Waals surface area contributed by atoms with E-state index in [1.54, 1.807) is 11.3 Å². The number of thiophene rings is 1. The number of carbonyl (C=O) groups is 1. The van der Waals surface area contributed by atoms with E-state index >= 15 is 0 Å². The largest absolute Gasteiger partial charge is 0.327 e. The van der Waals surface area contributed by atoms with E-state index < -0.39 is 0 Å². The lowest BCUT2D eigenvalue weighted by Gasteiger charge is -2.40. The molecule has 6 nitrogen and oxygen atoms in total. The van der Waals surface area contributed by atoms with Gasteiger partial charge >= 0.3 is 6.03 Å². The molecule has 25 heavy (non-hydrogen) atoms. The molecule has 1 fully saturated rings. The molecule has 0 unspecified atom stereocenters. The van der Waals surface area contributed by atoms with Gasteiger partial charge in [0.2, 0.25) is 0 Å². The molecule has 0 aliphatic carbocycles. The smallest absolute Gasteiger partial charge is 0.321 e. The molecule has 136 valence electrons. The summed E-state index contributed by atoms with van der Waals surface area (Å²) in [6, 6.07) is 0.264. The molecule has 0 spiro atoms. The summed E-state index contributed by atoms with van der Waals surface area (Å²) in [6.07, 6.45) is 6.33. The van der Waals surface area contributed by atoms with Gasteiger partial charge in [0.25, 0.3) is 0 Å². The summed E-state index contributed by atoms with van der Waals surface area (Å²) in [5.74, 6) is 0.405. The van der Waals surface area contributed by atoms with Gasteiger partial charge in [0.05, 0.1) is 11.9 Å². The lowest BCUT2D eigenvalue weighted by molar-refractivity contribution is 0.101. The zero-order valence-corrected chi connectivity index (χ0v) is 16.2. The number of amides is 2. The zero-order valence-electron chi connectivity index (χ0n) is 15.4. The third-order valence-electron chi connectivity index (χ3n) is 5.03. The van der Waals surface area contributed by atoms with Crippen LogP contribution in [0.5, 0.6) is 0 Å². The number of carbonyl (C=O) groups excluding carboxylic acids is 1. The number of anilines is 1. The number of aromatic nitrogens is 2. The molecule has 2 aromatic heterocycles. The summed E-state index contributed by atoms with van der Waals surface area (Å²) in [7, 11) is 5.99. The number of piperidine rings is 1. The van der Waals surface area contributed by atoms with Gasteiger partial charge in [-0.15, -0.1) is 11.3 Å². The predicted octanol–water partition coefficient (Wildman–Crippen LogP) is 3.34. The van der Waals surface area contributed by atoms with Crippen LogP contribution in [0, 0.1) is 12.8 Å². The number of aryl methyl sites for hydroxylation is 2. The van der Waals surface area contributed by atoms with Gasteiger partial charge in [-0.3, -0.25) is 9.58 Å². The highest BCUT2D eigenvalue weighted by molar-refractivity contribution is 7.08. The van der Waals surface area contributed by atoms with Crippen LogP contribution < -0.4 is 5.32 Å². The highest BCUT2D eigenvalue weighted by Crippen LogP contribution is 2.35. The summed E-state index contributed by atoms with van der Waals surface area (Å²) in [5.41, 5.74) is 3.25. The fourth-order valence-electron chi connectivity index (χ4n) is 3.70. The first kappa shape index (κ1) is 17.9. The quantitative estimate of drug-likeness (QED) is 0.909. The Bertz CT molecular complexity index is 725. The average molecular weight is 362 g/mol. The monoisotopic (exact) mass is 361 g/mol. The van der Waals surface area contributed by atoms with Gasteiger partial charge in [-0.2, -0.15) is 5.10 Å². The van der Waals surface area contributed by atoms with Crippen molar-refractivity contribution < 1.29 is 4.79 Å². The molecule has 7 heteroatoms. The standard InChI is InChI=1S/C18H27N5OS/c1-13-11-25-12-16(13)20-18(24)22(3)9-14-6-5-7-21(2)17(14)15-8-19-23(4)10-15/h8,10-12,14,17H,5-7,9H2,1-4H3,(H,20,24)/t14-,17+/m0/s1. The Morgan fingerprint density at radius 1 is 1.44 bits per heavy atom. The molecule has 2 aromatic rings. The Morgan fingerprint density at radius 3 is 2.88 bits per heavy atom. The molecule has 0 saturated carbocycles. The molecule has 3 rings (SSSR count). The van der Waals surface area contributed by atoms with E-state index in [1.165, 1.54) is 5.56 Å². The number of nitrogens with zero attached hydrogens (tertiary/aromatic N) is 4. The first-order valence-corrected chi connectivity index (χ1v) is 9.63. The van der Waals surface area contributed by atoms with Crippen LogP contribution in [0.2, 0.25) is 0 Å². The molecule has 1 aliphatic heterocycles. The third kappa shape index (κ3) is 4.04. The SMILES string of the molecule is Cc1cscc1NC(=O)N(C)C[C@@H]1CCCN(C)[C@H]1c1cnn(C)c1. The van der Waals surface area contributed by atoms with E-state index in [0.29, 0.717) is 12.0 Å². The van der Waals surface area contributed by atoms with E-state index in [4.69, 9.17) is 0 Å². The maximum atomic E-state index is 12.6. The van der Waals surface area contributed by atoms with Crippen LogP contribution in [0.1, 0.15) is 30.0 Å². The minimum atomic E-state index is -0.0420. The van der Waals surface area contributed by atoms with Gasteiger partial charge in [0.15, 0.2) is 0 Å². The summed E-state index contributed by atoms with van der Waals surface area (Å²) in [5, 5.41) is 11.4. The van der Waals surface area contributed by atoms with Crippen molar-refractivity contribution in [1.29, 1.82) is 0 Å². The van der Waals surface area contributed by atoms with Crippen molar-refractivity contribution in [2.75, 3.05) is 32.5 Å². The molecular formula is C18H27N5OS. The van der Waals surface area contributed by atoms with Crippen LogP contribution >= 0.6 is 11.3 Å². The lowest BCUT2D eigenvalue weighted by atomic mass is 9.86. The van der Waals surface area contributed by atoms with E-state index in [2.05, 4.69) is 28.6 Å². The van der Waals surface area contributed by atoms with Gasteiger partial charge in [0.1, 0.15) is 0 Å². The highest BCUT2D eigenvalue weighted by atomic mass is 32.1. The normalized spacial score (nSPS) is 21.3. The fraction of sp³-hybridized carbons (Fsp3) is 0.556. The fourth-order valence-corrected chi connectivity index (χ4v) is 4.48. The van der Waals surface area contributed by atoms with E-state index in [9.17, 15) is 4.79 Å². The van der Waals surface area contributed by atoms with Gasteiger partial charge in [-0.25, -0.2) is 4.79 Å². The van der Waals surface area contributed by atoms with E-state index in [-0.39, 0.29) is 6.03 Å². The van der Waals surface area contributed by atoms with Crippen molar-refractivity contribution in [1.82, 2.24) is 19.6 Å². The molecule has 2 amide bonds. The van der Waals surface area contributed by atoms with Crippen molar-refractivity contribution in [3.8, 4) is 0 Å². The topological polar surface area (TPSA) is 53.4 Å². The molecule has 1 N–H and O–H groups in total. The Hall–Kier alpha value is -1.86. The third-order valence-corrected chi connectivity index (χ3v) is 5.89. The first-order chi connectivity index (χ1) is 12.0. The zero-order chi connectivity index (χ0) is 18.0. The highest BCUT2D eigenvalue weighted by Gasteiger charge is 2.32. The molecule has 0 bridgehead atoms. The van der Waals surface area contributed by atoms with E-state index in [0.717, 1.165) is 37.2 Å².